The lowest BCUT2D eigenvalue weighted by Crippen LogP contribution is -2.78. The maximum absolute atomic E-state index is 13.5. The van der Waals surface area contributed by atoms with Crippen LogP contribution in [0.4, 0.5) is 0 Å². The SMILES string of the molecule is C[C@]12C3CC[C@@]1(O)C1COC4C(OC(=O)[C@@]4(C)O)C1O[C@@]2(O)CC1C3C[C@H]2O[C@]23CC=CC(=O)[C@]13C. The van der Waals surface area contributed by atoms with Crippen molar-refractivity contribution in [3.63, 3.8) is 0 Å². The molecule has 0 aromatic carbocycles. The molecule has 1 spiro atoms. The molecular formula is C27H34O9. The highest BCUT2D eigenvalue weighted by molar-refractivity contribution is 5.97. The van der Waals surface area contributed by atoms with Gasteiger partial charge in [0.2, 0.25) is 0 Å². The summed E-state index contributed by atoms with van der Waals surface area (Å²) in [5.74, 6) is -3.18. The average molecular weight is 503 g/mol. The van der Waals surface area contributed by atoms with Gasteiger partial charge in [-0.25, -0.2) is 4.79 Å². The van der Waals surface area contributed by atoms with Crippen molar-refractivity contribution in [3.8, 4) is 0 Å². The van der Waals surface area contributed by atoms with Gasteiger partial charge in [-0.3, -0.25) is 4.79 Å². The van der Waals surface area contributed by atoms with Crippen LogP contribution in [0.3, 0.4) is 0 Å². The summed E-state index contributed by atoms with van der Waals surface area (Å²) in [6.45, 7) is 5.39. The van der Waals surface area contributed by atoms with E-state index in [2.05, 4.69) is 0 Å². The van der Waals surface area contributed by atoms with Gasteiger partial charge in [0.25, 0.3) is 0 Å². The largest absolute Gasteiger partial charge is 0.454 e. The lowest BCUT2D eigenvalue weighted by molar-refractivity contribution is -0.429. The molecule has 3 saturated carbocycles. The topological polar surface area (TPSA) is 135 Å². The summed E-state index contributed by atoms with van der Waals surface area (Å²) in [5, 5.41) is 35.6. The number of esters is 1. The Labute approximate surface area is 209 Å². The summed E-state index contributed by atoms with van der Waals surface area (Å²) in [4.78, 5) is 26.0. The number of ketones is 1. The maximum Gasteiger partial charge on any atom is 0.341 e. The summed E-state index contributed by atoms with van der Waals surface area (Å²) in [6.07, 6.45) is 3.68. The van der Waals surface area contributed by atoms with Crippen LogP contribution >= 0.6 is 0 Å². The summed E-state index contributed by atoms with van der Waals surface area (Å²) in [5.41, 5.74) is -5.46. The Morgan fingerprint density at radius 3 is 2.56 bits per heavy atom. The van der Waals surface area contributed by atoms with E-state index in [1.165, 1.54) is 6.92 Å². The number of hydrogen-bond donors (Lipinski definition) is 3. The fourth-order valence-corrected chi connectivity index (χ4v) is 10.5. The maximum atomic E-state index is 13.5. The van der Waals surface area contributed by atoms with Crippen LogP contribution in [-0.4, -0.2) is 80.7 Å². The van der Waals surface area contributed by atoms with Crippen LogP contribution < -0.4 is 0 Å². The fourth-order valence-electron chi connectivity index (χ4n) is 10.5. The van der Waals surface area contributed by atoms with Crippen LogP contribution in [0.15, 0.2) is 12.2 Å². The first-order valence-electron chi connectivity index (χ1n) is 13.4. The number of rotatable bonds is 0. The molecule has 4 aliphatic carbocycles. The van der Waals surface area contributed by atoms with Gasteiger partial charge >= 0.3 is 5.97 Å². The molecule has 7 unspecified atom stereocenters. The Morgan fingerprint density at radius 1 is 1.00 bits per heavy atom. The Bertz CT molecular complexity index is 1130. The Morgan fingerprint density at radius 2 is 1.78 bits per heavy atom. The van der Waals surface area contributed by atoms with E-state index in [-0.39, 0.29) is 42.7 Å². The monoisotopic (exact) mass is 502 g/mol. The zero-order valence-electron chi connectivity index (χ0n) is 20.8. The van der Waals surface area contributed by atoms with E-state index in [4.69, 9.17) is 18.9 Å². The number of carbonyl (C=O) groups excluding carboxylic acids is 2. The zero-order valence-corrected chi connectivity index (χ0v) is 20.8. The van der Waals surface area contributed by atoms with Crippen LogP contribution in [-0.2, 0) is 28.5 Å². The van der Waals surface area contributed by atoms with Gasteiger partial charge in [0.15, 0.2) is 23.3 Å². The fraction of sp³-hybridized carbons (Fsp3) is 0.852. The van der Waals surface area contributed by atoms with Gasteiger partial charge in [-0.2, -0.15) is 0 Å². The second-order valence-corrected chi connectivity index (χ2v) is 13.4. The molecule has 196 valence electrons. The average Bonchev–Trinajstić information content (AvgIpc) is 3.37. The predicted molar refractivity (Wildman–Crippen MR) is 120 cm³/mol. The molecule has 0 aromatic heterocycles. The van der Waals surface area contributed by atoms with E-state index < -0.39 is 63.6 Å². The van der Waals surface area contributed by atoms with Gasteiger partial charge in [0, 0.05) is 12.3 Å². The van der Waals surface area contributed by atoms with Crippen molar-refractivity contribution in [1.82, 2.24) is 0 Å². The summed E-state index contributed by atoms with van der Waals surface area (Å²) >= 11 is 0. The molecule has 0 bridgehead atoms. The third-order valence-corrected chi connectivity index (χ3v) is 12.6. The summed E-state index contributed by atoms with van der Waals surface area (Å²) in [7, 11) is 0. The van der Waals surface area contributed by atoms with Gasteiger partial charge in [-0.1, -0.05) is 13.0 Å². The molecule has 8 aliphatic rings. The van der Waals surface area contributed by atoms with Gasteiger partial charge in [-0.05, 0) is 63.4 Å². The smallest absolute Gasteiger partial charge is 0.341 e. The van der Waals surface area contributed by atoms with E-state index in [0.29, 0.717) is 19.3 Å². The number of ether oxygens (including phenoxy) is 4. The van der Waals surface area contributed by atoms with E-state index >= 15 is 0 Å². The van der Waals surface area contributed by atoms with Gasteiger partial charge in [-0.15, -0.1) is 0 Å². The van der Waals surface area contributed by atoms with Crippen LogP contribution in [0.25, 0.3) is 0 Å². The van der Waals surface area contributed by atoms with Crippen LogP contribution in [0.5, 0.6) is 0 Å². The molecule has 8 rings (SSSR count). The highest BCUT2D eigenvalue weighted by Crippen LogP contribution is 2.77. The molecule has 3 N–H and O–H groups in total. The second kappa shape index (κ2) is 6.10. The molecule has 0 amide bonds. The highest BCUT2D eigenvalue weighted by atomic mass is 16.7. The van der Waals surface area contributed by atoms with E-state index in [9.17, 15) is 24.9 Å². The van der Waals surface area contributed by atoms with Crippen LogP contribution in [0.1, 0.15) is 52.9 Å². The molecule has 4 aliphatic heterocycles. The summed E-state index contributed by atoms with van der Waals surface area (Å²) in [6, 6.07) is 0. The minimum Gasteiger partial charge on any atom is -0.454 e. The number of aliphatic hydroxyl groups is 3. The van der Waals surface area contributed by atoms with Crippen LogP contribution in [0.2, 0.25) is 0 Å². The third-order valence-electron chi connectivity index (χ3n) is 12.6. The Kier molecular flexibility index (Phi) is 3.83. The Balaban J connectivity index is 1.25. The molecule has 0 aromatic rings. The minimum atomic E-state index is -1.83. The van der Waals surface area contributed by atoms with Gasteiger partial charge in [0.05, 0.1) is 29.1 Å². The first kappa shape index (κ1) is 22.6. The standard InChI is InChI=1S/C27H34O9/c1-22-14-10-27(32)24(3)13(12(14)9-17-26(22,35-17)7-4-5-16(22)28)6-8-25(24,31)15-11-33-20-19(18(15)36-27)34-21(29)23(20,2)30/h4-5,12-15,17-20,30-32H,6-11H2,1-3H3/t12?,13?,14?,15?,17-,18?,19?,20?,22+,23+,24+,25-,26-,27+/m1/s1. The number of allylic oxidation sites excluding steroid dienone is 1. The number of hydrogen-bond acceptors (Lipinski definition) is 9. The molecule has 4 heterocycles. The molecule has 9 heteroatoms. The van der Waals surface area contributed by atoms with E-state index in [1.54, 1.807) is 6.08 Å². The second-order valence-electron chi connectivity index (χ2n) is 13.4. The Hall–Kier alpha value is -1.36. The molecule has 0 radical (unpaired) electrons. The van der Waals surface area contributed by atoms with E-state index in [0.717, 1.165) is 6.42 Å². The zero-order chi connectivity index (χ0) is 25.3. The van der Waals surface area contributed by atoms with Crippen molar-refractivity contribution >= 4 is 11.8 Å². The van der Waals surface area contributed by atoms with Crippen molar-refractivity contribution in [1.29, 1.82) is 0 Å². The van der Waals surface area contributed by atoms with Crippen LogP contribution in [0, 0.1) is 34.5 Å². The lowest BCUT2D eigenvalue weighted by Gasteiger charge is -2.68. The minimum absolute atomic E-state index is 0.0114. The number of fused-ring (bicyclic) bond motifs is 7. The number of epoxide rings is 1. The molecule has 4 saturated heterocycles. The normalized spacial score (nSPS) is 65.9. The first-order valence-corrected chi connectivity index (χ1v) is 13.4. The third kappa shape index (κ3) is 2.04. The quantitative estimate of drug-likeness (QED) is 0.322. The molecule has 9 nitrogen and oxygen atoms in total. The molecule has 36 heavy (non-hydrogen) atoms. The van der Waals surface area contributed by atoms with Crippen molar-refractivity contribution in [2.24, 2.45) is 34.5 Å². The predicted octanol–water partition coefficient (Wildman–Crippen LogP) is 0.625. The molecular weight excluding hydrogens is 468 g/mol. The first-order chi connectivity index (χ1) is 16.9. The van der Waals surface area contributed by atoms with Gasteiger partial charge < -0.3 is 34.3 Å². The lowest BCUT2D eigenvalue weighted by atomic mass is 9.42. The number of carbonyl (C=O) groups is 2. The highest BCUT2D eigenvalue weighted by Gasteiger charge is 2.84. The molecule has 7 fully saturated rings. The molecule has 14 atom stereocenters. The summed E-state index contributed by atoms with van der Waals surface area (Å²) < 4.78 is 24.4. The van der Waals surface area contributed by atoms with Crippen molar-refractivity contribution < 1.29 is 43.9 Å². The van der Waals surface area contributed by atoms with E-state index in [1.807, 2.05) is 19.9 Å². The van der Waals surface area contributed by atoms with Crippen molar-refractivity contribution in [3.05, 3.63) is 12.2 Å². The van der Waals surface area contributed by atoms with Crippen molar-refractivity contribution in [2.75, 3.05) is 6.61 Å². The van der Waals surface area contributed by atoms with Gasteiger partial charge in [0.1, 0.15) is 17.8 Å². The van der Waals surface area contributed by atoms with Crippen molar-refractivity contribution in [2.45, 2.75) is 99.9 Å².